The Morgan fingerprint density at radius 2 is 2.00 bits per heavy atom. The first kappa shape index (κ1) is 12.6. The average molecular weight is 292 g/mol. The molecule has 0 aromatic rings. The zero-order valence-corrected chi connectivity index (χ0v) is 9.84. The molecule has 0 spiro atoms. The molecule has 3 heteroatoms. The van der Waals surface area contributed by atoms with Crippen molar-refractivity contribution in [1.82, 2.24) is 0 Å². The van der Waals surface area contributed by atoms with Crippen LogP contribution in [0.15, 0.2) is 25.3 Å². The van der Waals surface area contributed by atoms with Crippen molar-refractivity contribution in [3.8, 4) is 0 Å². The summed E-state index contributed by atoms with van der Waals surface area (Å²) in [6, 6.07) is 0. The summed E-state index contributed by atoms with van der Waals surface area (Å²) in [5.41, 5.74) is 0. The zero-order chi connectivity index (χ0) is 10.1. The Bertz CT molecular complexity index is 189. The zero-order valence-electron chi connectivity index (χ0n) is 7.68. The van der Waals surface area contributed by atoms with Crippen molar-refractivity contribution in [2.75, 3.05) is 4.43 Å². The molecule has 0 fully saturated rings. The van der Waals surface area contributed by atoms with Crippen LogP contribution < -0.4 is 21.2 Å². The maximum absolute atomic E-state index is 10.8. The standard InChI is InChI=1S/C10H15INO/c1-3-9(13)7-5-6-8-11-10(12)4-2/h3-4,12H,1-2,5-8H2/q-1. The van der Waals surface area contributed by atoms with Crippen LogP contribution in [0, 0.1) is 5.41 Å². The Morgan fingerprint density at radius 3 is 2.54 bits per heavy atom. The monoisotopic (exact) mass is 292 g/mol. The van der Waals surface area contributed by atoms with Gasteiger partial charge in [-0.15, -0.1) is 0 Å². The van der Waals surface area contributed by atoms with Gasteiger partial charge in [0.25, 0.3) is 0 Å². The second kappa shape index (κ2) is 8.16. The van der Waals surface area contributed by atoms with Gasteiger partial charge in [0.15, 0.2) is 0 Å². The van der Waals surface area contributed by atoms with Crippen LogP contribution in [0.4, 0.5) is 0 Å². The number of hydrogen-bond acceptors (Lipinski definition) is 2. The molecule has 0 aliphatic heterocycles. The first-order valence-electron chi connectivity index (χ1n) is 4.16. The van der Waals surface area contributed by atoms with E-state index in [1.807, 2.05) is 0 Å². The Balaban J connectivity index is 3.26. The number of nitrogens with one attached hydrogen (secondary N) is 1. The molecular weight excluding hydrogens is 277 g/mol. The second-order valence-electron chi connectivity index (χ2n) is 2.50. The average Bonchev–Trinajstić information content (AvgIpc) is 2.16. The predicted octanol–water partition coefficient (Wildman–Crippen LogP) is -0.836. The second-order valence-corrected chi connectivity index (χ2v) is 5.51. The van der Waals surface area contributed by atoms with Gasteiger partial charge in [0.05, 0.1) is 0 Å². The van der Waals surface area contributed by atoms with Gasteiger partial charge in [-0.3, -0.25) is 0 Å². The number of carbonyl (C=O) groups is 1. The van der Waals surface area contributed by atoms with Gasteiger partial charge in [-0.25, -0.2) is 0 Å². The van der Waals surface area contributed by atoms with Crippen LogP contribution in [-0.4, -0.2) is 13.9 Å². The van der Waals surface area contributed by atoms with Crippen LogP contribution >= 0.6 is 0 Å². The molecule has 0 bridgehead atoms. The summed E-state index contributed by atoms with van der Waals surface area (Å²) in [6.45, 7) is 6.95. The molecule has 74 valence electrons. The fourth-order valence-corrected chi connectivity index (χ4v) is 2.53. The number of alkyl halides is 1. The molecule has 1 N–H and O–H groups in total. The molecule has 0 radical (unpaired) electrons. The molecule has 0 saturated heterocycles. The minimum atomic E-state index is -0.147. The Morgan fingerprint density at radius 1 is 1.31 bits per heavy atom. The first-order valence-corrected chi connectivity index (χ1v) is 6.76. The summed E-state index contributed by atoms with van der Waals surface area (Å²) in [6.07, 6.45) is 5.57. The maximum atomic E-state index is 10.8. The normalized spacial score (nSPS) is 9.54. The third kappa shape index (κ3) is 7.90. The molecule has 0 aromatic heterocycles. The van der Waals surface area contributed by atoms with Crippen LogP contribution in [0.25, 0.3) is 0 Å². The quantitative estimate of drug-likeness (QED) is 0.205. The van der Waals surface area contributed by atoms with Crippen LogP contribution in [0.1, 0.15) is 19.3 Å². The SMILES string of the molecule is C=CC(=N)[I-]CCCCC(=O)C=C. The molecule has 0 aliphatic carbocycles. The van der Waals surface area contributed by atoms with Gasteiger partial charge < -0.3 is 0 Å². The number of rotatable bonds is 8. The summed E-state index contributed by atoms with van der Waals surface area (Å²) in [7, 11) is 0. The van der Waals surface area contributed by atoms with Gasteiger partial charge in [-0.2, -0.15) is 0 Å². The summed E-state index contributed by atoms with van der Waals surface area (Å²) >= 11 is -0.147. The molecule has 2 nitrogen and oxygen atoms in total. The topological polar surface area (TPSA) is 40.9 Å². The van der Waals surface area contributed by atoms with E-state index in [4.69, 9.17) is 5.41 Å². The molecule has 0 heterocycles. The first-order chi connectivity index (χ1) is 6.20. The van der Waals surface area contributed by atoms with Crippen molar-refractivity contribution in [2.24, 2.45) is 0 Å². The fourth-order valence-electron chi connectivity index (χ4n) is 0.719. The molecule has 13 heavy (non-hydrogen) atoms. The molecule has 0 rings (SSSR count). The molecule has 0 unspecified atom stereocenters. The summed E-state index contributed by atoms with van der Waals surface area (Å²) in [5, 5.41) is 7.34. The van der Waals surface area contributed by atoms with E-state index < -0.39 is 0 Å². The van der Waals surface area contributed by atoms with E-state index >= 15 is 0 Å². The van der Waals surface area contributed by atoms with Crippen molar-refractivity contribution < 1.29 is 26.0 Å². The molecular formula is C10H15INO-. The van der Waals surface area contributed by atoms with E-state index in [2.05, 4.69) is 13.2 Å². The Labute approximate surface area is 89.9 Å². The van der Waals surface area contributed by atoms with E-state index in [1.165, 1.54) is 6.08 Å². The van der Waals surface area contributed by atoms with Gasteiger partial charge >= 0.3 is 89.9 Å². The summed E-state index contributed by atoms with van der Waals surface area (Å²) in [4.78, 5) is 10.8. The Kier molecular flexibility index (Phi) is 7.88. The number of halogens is 1. The number of carbonyl (C=O) groups excluding carboxylic acids is 1. The van der Waals surface area contributed by atoms with Crippen molar-refractivity contribution in [1.29, 1.82) is 5.41 Å². The van der Waals surface area contributed by atoms with Gasteiger partial charge in [-0.1, -0.05) is 0 Å². The van der Waals surface area contributed by atoms with E-state index in [1.54, 1.807) is 6.08 Å². The number of ketones is 1. The van der Waals surface area contributed by atoms with Gasteiger partial charge in [0.2, 0.25) is 0 Å². The Hall–Kier alpha value is -0.450. The molecule has 0 atom stereocenters. The van der Waals surface area contributed by atoms with Crippen LogP contribution in [0.3, 0.4) is 0 Å². The number of hydrogen-bond donors (Lipinski definition) is 1. The summed E-state index contributed by atoms with van der Waals surface area (Å²) < 4.78 is 1.77. The summed E-state index contributed by atoms with van der Waals surface area (Å²) in [5.74, 6) is 0.122. The van der Waals surface area contributed by atoms with Crippen molar-refractivity contribution >= 4 is 9.50 Å². The molecule has 0 amide bonds. The van der Waals surface area contributed by atoms with Gasteiger partial charge in [0.1, 0.15) is 0 Å². The van der Waals surface area contributed by atoms with Crippen LogP contribution in [0.5, 0.6) is 0 Å². The molecule has 0 aliphatic rings. The number of unbranched alkanes of at least 4 members (excludes halogenated alkanes) is 1. The van der Waals surface area contributed by atoms with Gasteiger partial charge in [0, 0.05) is 0 Å². The van der Waals surface area contributed by atoms with Crippen molar-refractivity contribution in [3.05, 3.63) is 25.3 Å². The van der Waals surface area contributed by atoms with Gasteiger partial charge in [-0.05, 0) is 0 Å². The van der Waals surface area contributed by atoms with Crippen molar-refractivity contribution in [3.63, 3.8) is 0 Å². The molecule has 0 saturated carbocycles. The third-order valence-corrected chi connectivity index (χ3v) is 4.02. The van der Waals surface area contributed by atoms with E-state index in [9.17, 15) is 4.79 Å². The van der Waals surface area contributed by atoms with Crippen molar-refractivity contribution in [2.45, 2.75) is 19.3 Å². The third-order valence-electron chi connectivity index (χ3n) is 1.45. The molecule has 0 aromatic carbocycles. The predicted molar refractivity (Wildman–Crippen MR) is 51.8 cm³/mol. The van der Waals surface area contributed by atoms with Crippen LogP contribution in [-0.2, 0) is 4.79 Å². The minimum absolute atomic E-state index is 0.122. The fraction of sp³-hybridized carbons (Fsp3) is 0.400. The van der Waals surface area contributed by atoms with E-state index in [0.717, 1.165) is 17.3 Å². The number of allylic oxidation sites excluding steroid dienone is 2. The van der Waals surface area contributed by atoms with E-state index in [0.29, 0.717) is 10.1 Å². The van der Waals surface area contributed by atoms with Crippen LogP contribution in [0.2, 0.25) is 0 Å². The van der Waals surface area contributed by atoms with E-state index in [-0.39, 0.29) is 27.0 Å².